The van der Waals surface area contributed by atoms with Crippen molar-refractivity contribution in [3.63, 3.8) is 0 Å². The Morgan fingerprint density at radius 3 is 2.53 bits per heavy atom. The van der Waals surface area contributed by atoms with Crippen LogP contribution in [-0.4, -0.2) is 5.97 Å². The fraction of sp³-hybridized carbons (Fsp3) is 0.235. The number of rotatable bonds is 1. The number of benzene rings is 2. The summed E-state index contributed by atoms with van der Waals surface area (Å²) in [6.07, 6.45) is 1.44. The van der Waals surface area contributed by atoms with E-state index >= 15 is 0 Å². The van der Waals surface area contributed by atoms with Crippen molar-refractivity contribution < 1.29 is 9.53 Å². The standard InChI is InChI=1S/C17H14O2/c18-16-11-14-10-12-6-4-5-9-15(12)17(14,19-16)13-7-2-1-3-8-13/h1-9,14H,10-11H2/t14-,17+/m0/s1. The van der Waals surface area contributed by atoms with Gasteiger partial charge in [-0.15, -0.1) is 0 Å². The third-order valence-electron chi connectivity index (χ3n) is 4.35. The highest BCUT2D eigenvalue weighted by atomic mass is 16.6. The molecule has 1 saturated heterocycles. The fourth-order valence-corrected chi connectivity index (χ4v) is 3.60. The summed E-state index contributed by atoms with van der Waals surface area (Å²) in [6.45, 7) is 0. The Kier molecular flexibility index (Phi) is 2.10. The lowest BCUT2D eigenvalue weighted by atomic mass is 9.81. The van der Waals surface area contributed by atoms with Crippen molar-refractivity contribution >= 4 is 5.97 Å². The molecule has 0 spiro atoms. The number of carbonyl (C=O) groups excluding carboxylic acids is 1. The van der Waals surface area contributed by atoms with Crippen LogP contribution in [0.25, 0.3) is 0 Å². The minimum atomic E-state index is -0.547. The lowest BCUT2D eigenvalue weighted by Crippen LogP contribution is -2.30. The highest BCUT2D eigenvalue weighted by Gasteiger charge is 2.56. The molecular formula is C17H14O2. The second kappa shape index (κ2) is 3.70. The van der Waals surface area contributed by atoms with Gasteiger partial charge in [0, 0.05) is 17.0 Å². The predicted octanol–water partition coefficient (Wildman–Crippen LogP) is 3.05. The van der Waals surface area contributed by atoms with Gasteiger partial charge < -0.3 is 4.74 Å². The Morgan fingerprint density at radius 1 is 0.947 bits per heavy atom. The molecule has 0 bridgehead atoms. The molecule has 4 rings (SSSR count). The highest BCUT2D eigenvalue weighted by Crippen LogP contribution is 2.53. The maximum atomic E-state index is 11.8. The molecule has 0 aromatic heterocycles. The quantitative estimate of drug-likeness (QED) is 0.727. The van der Waals surface area contributed by atoms with Crippen molar-refractivity contribution in [2.75, 3.05) is 0 Å². The summed E-state index contributed by atoms with van der Waals surface area (Å²) in [5, 5.41) is 0. The van der Waals surface area contributed by atoms with Crippen LogP contribution in [0.5, 0.6) is 0 Å². The Hall–Kier alpha value is -2.09. The minimum absolute atomic E-state index is 0.0802. The molecule has 19 heavy (non-hydrogen) atoms. The van der Waals surface area contributed by atoms with E-state index in [2.05, 4.69) is 30.3 Å². The zero-order chi connectivity index (χ0) is 12.9. The Morgan fingerprint density at radius 2 is 1.68 bits per heavy atom. The monoisotopic (exact) mass is 250 g/mol. The predicted molar refractivity (Wildman–Crippen MR) is 71.6 cm³/mol. The second-order valence-corrected chi connectivity index (χ2v) is 5.34. The van der Waals surface area contributed by atoms with Crippen LogP contribution >= 0.6 is 0 Å². The molecule has 2 aliphatic rings. The van der Waals surface area contributed by atoms with Gasteiger partial charge in [-0.1, -0.05) is 54.6 Å². The van der Waals surface area contributed by atoms with Gasteiger partial charge in [-0.25, -0.2) is 0 Å². The van der Waals surface area contributed by atoms with Crippen LogP contribution in [0, 0.1) is 5.92 Å². The van der Waals surface area contributed by atoms with E-state index in [4.69, 9.17) is 4.74 Å². The number of ether oxygens (including phenoxy) is 1. The molecule has 94 valence electrons. The molecule has 1 aliphatic heterocycles. The molecular weight excluding hydrogens is 236 g/mol. The van der Waals surface area contributed by atoms with Crippen LogP contribution < -0.4 is 0 Å². The average molecular weight is 250 g/mol. The van der Waals surface area contributed by atoms with Gasteiger partial charge in [0.05, 0.1) is 6.42 Å². The van der Waals surface area contributed by atoms with E-state index in [9.17, 15) is 4.79 Å². The Bertz CT molecular complexity index is 647. The van der Waals surface area contributed by atoms with E-state index in [0.717, 1.165) is 17.5 Å². The molecule has 2 aromatic rings. The summed E-state index contributed by atoms with van der Waals surface area (Å²) in [5.41, 5.74) is 3.02. The fourth-order valence-electron chi connectivity index (χ4n) is 3.60. The first-order valence-electron chi connectivity index (χ1n) is 6.66. The summed E-state index contributed by atoms with van der Waals surface area (Å²) in [4.78, 5) is 11.8. The first-order valence-corrected chi connectivity index (χ1v) is 6.66. The molecule has 2 nitrogen and oxygen atoms in total. The van der Waals surface area contributed by atoms with Gasteiger partial charge in [-0.3, -0.25) is 4.79 Å². The van der Waals surface area contributed by atoms with Crippen LogP contribution in [0.15, 0.2) is 54.6 Å². The zero-order valence-corrected chi connectivity index (χ0v) is 10.5. The summed E-state index contributed by atoms with van der Waals surface area (Å²) >= 11 is 0. The van der Waals surface area contributed by atoms with Crippen LogP contribution in [-0.2, 0) is 21.6 Å². The SMILES string of the molecule is O=C1C[C@@H]2Cc3ccccc3[C@]2(c2ccccc2)O1. The smallest absolute Gasteiger partial charge is 0.307 e. The molecule has 0 N–H and O–H groups in total. The minimum Gasteiger partial charge on any atom is -0.449 e. The molecule has 2 atom stereocenters. The summed E-state index contributed by atoms with van der Waals surface area (Å²) in [6, 6.07) is 18.5. The van der Waals surface area contributed by atoms with Gasteiger partial charge >= 0.3 is 5.97 Å². The second-order valence-electron chi connectivity index (χ2n) is 5.34. The van der Waals surface area contributed by atoms with Crippen LogP contribution in [0.3, 0.4) is 0 Å². The van der Waals surface area contributed by atoms with Crippen LogP contribution in [0.4, 0.5) is 0 Å². The molecule has 0 saturated carbocycles. The van der Waals surface area contributed by atoms with Gasteiger partial charge in [0.15, 0.2) is 5.60 Å². The molecule has 1 fully saturated rings. The first kappa shape index (κ1) is 10.8. The molecule has 2 aromatic carbocycles. The van der Waals surface area contributed by atoms with Crippen molar-refractivity contribution in [2.24, 2.45) is 5.92 Å². The highest BCUT2D eigenvalue weighted by molar-refractivity contribution is 5.76. The van der Waals surface area contributed by atoms with Gasteiger partial charge in [-0.2, -0.15) is 0 Å². The molecule has 1 heterocycles. The van der Waals surface area contributed by atoms with E-state index in [1.54, 1.807) is 0 Å². The van der Waals surface area contributed by atoms with Crippen LogP contribution in [0.1, 0.15) is 23.1 Å². The summed E-state index contributed by atoms with van der Waals surface area (Å²) in [7, 11) is 0. The van der Waals surface area contributed by atoms with Gasteiger partial charge in [0.1, 0.15) is 0 Å². The third kappa shape index (κ3) is 1.34. The molecule has 0 radical (unpaired) electrons. The van der Waals surface area contributed by atoms with Crippen molar-refractivity contribution in [1.82, 2.24) is 0 Å². The van der Waals surface area contributed by atoms with E-state index in [1.165, 1.54) is 5.56 Å². The number of fused-ring (bicyclic) bond motifs is 3. The van der Waals surface area contributed by atoms with E-state index < -0.39 is 5.60 Å². The van der Waals surface area contributed by atoms with Crippen molar-refractivity contribution in [1.29, 1.82) is 0 Å². The molecule has 0 unspecified atom stereocenters. The zero-order valence-electron chi connectivity index (χ0n) is 10.5. The van der Waals surface area contributed by atoms with Gasteiger partial charge in [0.2, 0.25) is 0 Å². The Balaban J connectivity index is 1.98. The van der Waals surface area contributed by atoms with E-state index in [0.29, 0.717) is 6.42 Å². The van der Waals surface area contributed by atoms with E-state index in [-0.39, 0.29) is 11.9 Å². The third-order valence-corrected chi connectivity index (χ3v) is 4.35. The topological polar surface area (TPSA) is 26.3 Å². The summed E-state index contributed by atoms with van der Waals surface area (Å²) < 4.78 is 5.85. The lowest BCUT2D eigenvalue weighted by molar-refractivity contribution is -0.146. The number of carbonyl (C=O) groups is 1. The molecule has 0 amide bonds. The van der Waals surface area contributed by atoms with Crippen molar-refractivity contribution in [2.45, 2.75) is 18.4 Å². The maximum absolute atomic E-state index is 11.8. The Labute approximate surface area is 112 Å². The number of hydrogen-bond donors (Lipinski definition) is 0. The largest absolute Gasteiger partial charge is 0.449 e. The number of esters is 1. The molecule has 2 heteroatoms. The average Bonchev–Trinajstić information content (AvgIpc) is 2.92. The van der Waals surface area contributed by atoms with E-state index in [1.807, 2.05) is 24.3 Å². The number of hydrogen-bond acceptors (Lipinski definition) is 2. The van der Waals surface area contributed by atoms with Crippen LogP contribution in [0.2, 0.25) is 0 Å². The molecule has 1 aliphatic carbocycles. The van der Waals surface area contributed by atoms with Crippen molar-refractivity contribution in [3.05, 3.63) is 71.3 Å². The summed E-state index contributed by atoms with van der Waals surface area (Å²) in [5.74, 6) is 0.156. The normalized spacial score (nSPS) is 27.8. The first-order chi connectivity index (χ1) is 9.30. The van der Waals surface area contributed by atoms with Gasteiger partial charge in [0.25, 0.3) is 0 Å². The maximum Gasteiger partial charge on any atom is 0.307 e. The lowest BCUT2D eigenvalue weighted by Gasteiger charge is -2.29. The van der Waals surface area contributed by atoms with Crippen molar-refractivity contribution in [3.8, 4) is 0 Å². The van der Waals surface area contributed by atoms with Gasteiger partial charge in [-0.05, 0) is 12.0 Å².